The van der Waals surface area contributed by atoms with Gasteiger partial charge in [-0.15, -0.1) is 0 Å². The van der Waals surface area contributed by atoms with Crippen LogP contribution in [0.15, 0.2) is 48.5 Å². The van der Waals surface area contributed by atoms with Crippen LogP contribution >= 0.6 is 0 Å². The highest BCUT2D eigenvalue weighted by Gasteiger charge is 2.18. The highest BCUT2D eigenvalue weighted by molar-refractivity contribution is 5.81. The normalized spacial score (nSPS) is 15.5. The van der Waals surface area contributed by atoms with Gasteiger partial charge in [-0.05, 0) is 62.5 Å². The molecule has 1 aliphatic heterocycles. The molecule has 27 heavy (non-hydrogen) atoms. The first-order valence-corrected chi connectivity index (χ1v) is 9.95. The number of likely N-dealkylation sites (tertiary alicyclic amines) is 1. The fraction of sp³-hybridized carbons (Fsp3) is 0.435. The van der Waals surface area contributed by atoms with Gasteiger partial charge < -0.3 is 10.1 Å². The second-order valence-electron chi connectivity index (χ2n) is 7.35. The molecular formula is C23H30N2O2. The van der Waals surface area contributed by atoms with E-state index in [1.54, 1.807) is 0 Å². The first-order chi connectivity index (χ1) is 13.1. The van der Waals surface area contributed by atoms with Gasteiger partial charge in [0.2, 0.25) is 0 Å². The van der Waals surface area contributed by atoms with Crippen LogP contribution < -0.4 is 10.1 Å². The Kier molecular flexibility index (Phi) is 6.88. The lowest BCUT2D eigenvalue weighted by atomic mass is 10.1. The molecule has 4 nitrogen and oxygen atoms in total. The van der Waals surface area contributed by atoms with Crippen molar-refractivity contribution >= 4 is 5.91 Å². The Morgan fingerprint density at radius 3 is 2.52 bits per heavy atom. The van der Waals surface area contributed by atoms with Crippen LogP contribution in [0.4, 0.5) is 0 Å². The van der Waals surface area contributed by atoms with Crippen LogP contribution in [-0.2, 0) is 17.9 Å². The third-order valence-electron chi connectivity index (χ3n) is 5.03. The van der Waals surface area contributed by atoms with E-state index in [0.29, 0.717) is 13.0 Å². The number of aryl methyl sites for hydroxylation is 1. The molecule has 1 saturated heterocycles. The first kappa shape index (κ1) is 19.4. The largest absolute Gasteiger partial charge is 0.481 e. The van der Waals surface area contributed by atoms with Gasteiger partial charge in [-0.1, -0.05) is 48.9 Å². The lowest BCUT2D eigenvalue weighted by Crippen LogP contribution is -2.37. The maximum absolute atomic E-state index is 12.5. The third kappa shape index (κ3) is 5.83. The number of hydrogen-bond donors (Lipinski definition) is 1. The van der Waals surface area contributed by atoms with Gasteiger partial charge in [0.25, 0.3) is 5.91 Å². The summed E-state index contributed by atoms with van der Waals surface area (Å²) in [5, 5.41) is 3.02. The van der Waals surface area contributed by atoms with Crippen molar-refractivity contribution in [1.29, 1.82) is 0 Å². The smallest absolute Gasteiger partial charge is 0.261 e. The highest BCUT2D eigenvalue weighted by Crippen LogP contribution is 2.16. The molecule has 144 valence electrons. The standard InChI is InChI=1S/C23H30N2O2/c1-3-22(27-21-11-9-18(2)10-12-21)23(26)24-16-19-7-6-8-20(15-19)17-25-13-4-5-14-25/h6-12,15,22H,3-5,13-14,16-17H2,1-2H3,(H,24,26)/t22-/m1/s1. The van der Waals surface area contributed by atoms with Crippen LogP contribution in [0.25, 0.3) is 0 Å². The molecule has 1 fully saturated rings. The molecule has 4 heteroatoms. The van der Waals surface area contributed by atoms with E-state index < -0.39 is 6.10 Å². The zero-order valence-corrected chi connectivity index (χ0v) is 16.4. The van der Waals surface area contributed by atoms with Gasteiger partial charge in [0.05, 0.1) is 0 Å². The van der Waals surface area contributed by atoms with E-state index in [4.69, 9.17) is 4.74 Å². The average molecular weight is 367 g/mol. The second kappa shape index (κ2) is 9.56. The fourth-order valence-corrected chi connectivity index (χ4v) is 3.44. The molecule has 0 bridgehead atoms. The number of carbonyl (C=O) groups excluding carboxylic acids is 1. The van der Waals surface area contributed by atoms with Crippen molar-refractivity contribution in [3.05, 3.63) is 65.2 Å². The lowest BCUT2D eigenvalue weighted by molar-refractivity contribution is -0.128. The van der Waals surface area contributed by atoms with Crippen LogP contribution in [0.1, 0.15) is 42.9 Å². The van der Waals surface area contributed by atoms with Crippen molar-refractivity contribution in [2.24, 2.45) is 0 Å². The highest BCUT2D eigenvalue weighted by atomic mass is 16.5. The van der Waals surface area contributed by atoms with Crippen molar-refractivity contribution in [2.45, 2.75) is 52.3 Å². The molecule has 0 spiro atoms. The molecule has 1 N–H and O–H groups in total. The summed E-state index contributed by atoms with van der Waals surface area (Å²) in [4.78, 5) is 15.0. The Morgan fingerprint density at radius 2 is 1.81 bits per heavy atom. The molecule has 1 amide bonds. The van der Waals surface area contributed by atoms with E-state index in [-0.39, 0.29) is 5.91 Å². The number of hydrogen-bond acceptors (Lipinski definition) is 3. The summed E-state index contributed by atoms with van der Waals surface area (Å²) >= 11 is 0. The first-order valence-electron chi connectivity index (χ1n) is 9.95. The minimum absolute atomic E-state index is 0.0666. The summed E-state index contributed by atoms with van der Waals surface area (Å²) < 4.78 is 5.86. The van der Waals surface area contributed by atoms with Gasteiger partial charge in [0, 0.05) is 13.1 Å². The molecule has 1 atom stereocenters. The molecule has 2 aromatic carbocycles. The topological polar surface area (TPSA) is 41.6 Å². The van der Waals surface area contributed by atoms with E-state index in [9.17, 15) is 4.79 Å². The Hall–Kier alpha value is -2.33. The van der Waals surface area contributed by atoms with Crippen molar-refractivity contribution in [1.82, 2.24) is 10.2 Å². The van der Waals surface area contributed by atoms with E-state index in [0.717, 1.165) is 17.9 Å². The Labute approximate surface area is 162 Å². The van der Waals surface area contributed by atoms with Crippen molar-refractivity contribution in [3.8, 4) is 5.75 Å². The number of amides is 1. The molecule has 0 unspecified atom stereocenters. The predicted molar refractivity (Wildman–Crippen MR) is 109 cm³/mol. The van der Waals surface area contributed by atoms with E-state index in [1.807, 2.05) is 38.1 Å². The fourth-order valence-electron chi connectivity index (χ4n) is 3.44. The summed E-state index contributed by atoms with van der Waals surface area (Å²) in [5.74, 6) is 0.665. The Morgan fingerprint density at radius 1 is 1.11 bits per heavy atom. The van der Waals surface area contributed by atoms with Gasteiger partial charge in [-0.25, -0.2) is 0 Å². The summed E-state index contributed by atoms with van der Waals surface area (Å²) in [5.41, 5.74) is 3.62. The van der Waals surface area contributed by atoms with E-state index >= 15 is 0 Å². The SMILES string of the molecule is CC[C@@H](Oc1ccc(C)cc1)C(=O)NCc1cccc(CN2CCCC2)c1. The van der Waals surface area contributed by atoms with Crippen LogP contribution in [-0.4, -0.2) is 30.0 Å². The van der Waals surface area contributed by atoms with Crippen molar-refractivity contribution in [3.63, 3.8) is 0 Å². The lowest BCUT2D eigenvalue weighted by Gasteiger charge is -2.18. The average Bonchev–Trinajstić information content (AvgIpc) is 3.19. The van der Waals surface area contributed by atoms with Crippen LogP contribution in [0, 0.1) is 6.92 Å². The monoisotopic (exact) mass is 366 g/mol. The van der Waals surface area contributed by atoms with Gasteiger partial charge in [-0.2, -0.15) is 0 Å². The third-order valence-corrected chi connectivity index (χ3v) is 5.03. The number of benzene rings is 2. The minimum atomic E-state index is -0.472. The van der Waals surface area contributed by atoms with E-state index in [2.05, 4.69) is 34.5 Å². The second-order valence-corrected chi connectivity index (χ2v) is 7.35. The minimum Gasteiger partial charge on any atom is -0.481 e. The Balaban J connectivity index is 1.53. The van der Waals surface area contributed by atoms with Crippen LogP contribution in [0.2, 0.25) is 0 Å². The predicted octanol–water partition coefficient (Wildman–Crippen LogP) is 4.06. The molecule has 3 rings (SSSR count). The van der Waals surface area contributed by atoms with Crippen LogP contribution in [0.5, 0.6) is 5.75 Å². The molecule has 0 radical (unpaired) electrons. The van der Waals surface area contributed by atoms with Gasteiger partial charge >= 0.3 is 0 Å². The van der Waals surface area contributed by atoms with Crippen molar-refractivity contribution in [2.75, 3.05) is 13.1 Å². The van der Waals surface area contributed by atoms with Gasteiger partial charge in [0.15, 0.2) is 6.10 Å². The summed E-state index contributed by atoms with van der Waals surface area (Å²) in [6.07, 6.45) is 2.76. The van der Waals surface area contributed by atoms with Crippen molar-refractivity contribution < 1.29 is 9.53 Å². The summed E-state index contributed by atoms with van der Waals surface area (Å²) in [6.45, 7) is 7.90. The summed E-state index contributed by atoms with van der Waals surface area (Å²) in [7, 11) is 0. The molecule has 1 heterocycles. The quantitative estimate of drug-likeness (QED) is 0.766. The Bertz CT molecular complexity index is 736. The number of carbonyl (C=O) groups is 1. The molecule has 1 aliphatic rings. The number of rotatable bonds is 8. The zero-order chi connectivity index (χ0) is 19.1. The van der Waals surface area contributed by atoms with Gasteiger partial charge in [-0.3, -0.25) is 9.69 Å². The van der Waals surface area contributed by atoms with Crippen LogP contribution in [0.3, 0.4) is 0 Å². The number of nitrogens with one attached hydrogen (secondary N) is 1. The molecular weight excluding hydrogens is 336 g/mol. The molecule has 0 saturated carbocycles. The molecule has 2 aromatic rings. The maximum Gasteiger partial charge on any atom is 0.261 e. The van der Waals surface area contributed by atoms with E-state index in [1.165, 1.54) is 37.1 Å². The molecule has 0 aliphatic carbocycles. The zero-order valence-electron chi connectivity index (χ0n) is 16.4. The van der Waals surface area contributed by atoms with Gasteiger partial charge in [0.1, 0.15) is 5.75 Å². The summed E-state index contributed by atoms with van der Waals surface area (Å²) in [6, 6.07) is 16.3. The number of ether oxygens (including phenoxy) is 1. The molecule has 0 aromatic heterocycles. The number of nitrogens with zero attached hydrogens (tertiary/aromatic N) is 1. The maximum atomic E-state index is 12.5.